The Hall–Kier alpha value is -2.25. The lowest BCUT2D eigenvalue weighted by Gasteiger charge is -2.50. The zero-order valence-electron chi connectivity index (χ0n) is 16.0. The molecule has 0 heterocycles. The van der Waals surface area contributed by atoms with Crippen molar-refractivity contribution in [3.8, 4) is 0 Å². The van der Waals surface area contributed by atoms with Gasteiger partial charge in [0.25, 0.3) is 0 Å². The lowest BCUT2D eigenvalue weighted by Crippen LogP contribution is -2.41. The molecule has 0 saturated carbocycles. The highest BCUT2D eigenvalue weighted by Gasteiger charge is 2.50. The molecule has 0 saturated heterocycles. The highest BCUT2D eigenvalue weighted by molar-refractivity contribution is 7.84. The second-order valence-electron chi connectivity index (χ2n) is 8.78. The van der Waals surface area contributed by atoms with Gasteiger partial charge in [0.15, 0.2) is 0 Å². The van der Waals surface area contributed by atoms with Gasteiger partial charge in [-0.05, 0) is 43.7 Å². The van der Waals surface area contributed by atoms with Gasteiger partial charge in [-0.25, -0.2) is 0 Å². The van der Waals surface area contributed by atoms with Crippen LogP contribution in [0.5, 0.6) is 0 Å². The fourth-order valence-electron chi connectivity index (χ4n) is 4.92. The van der Waals surface area contributed by atoms with Crippen molar-refractivity contribution >= 4 is 12.6 Å². The number of thiol groups is 1. The van der Waals surface area contributed by atoms with Crippen LogP contribution in [0, 0.1) is 5.41 Å². The van der Waals surface area contributed by atoms with Gasteiger partial charge in [-0.1, -0.05) is 99.6 Å². The van der Waals surface area contributed by atoms with Gasteiger partial charge in [-0.15, -0.1) is 12.6 Å². The molecule has 0 atom stereocenters. The molecule has 0 aromatic heterocycles. The molecule has 3 aromatic rings. The number of allylic oxidation sites excluding steroid dienone is 2. The molecule has 1 heteroatoms. The Morgan fingerprint density at radius 1 is 0.741 bits per heavy atom. The van der Waals surface area contributed by atoms with Crippen LogP contribution in [0.1, 0.15) is 60.1 Å². The largest absolute Gasteiger partial charge is 0.148 e. The molecule has 0 amide bonds. The van der Waals surface area contributed by atoms with Crippen molar-refractivity contribution in [3.63, 3.8) is 0 Å². The van der Waals surface area contributed by atoms with Crippen molar-refractivity contribution in [2.45, 2.75) is 32.1 Å². The summed E-state index contributed by atoms with van der Waals surface area (Å²) in [6.45, 7) is 6.71. The summed E-state index contributed by atoms with van der Waals surface area (Å²) in [4.78, 5) is 1.13. The Labute approximate surface area is 167 Å². The molecule has 0 radical (unpaired) electrons. The van der Waals surface area contributed by atoms with E-state index in [1.807, 2.05) is 0 Å². The third kappa shape index (κ3) is 2.18. The lowest BCUT2D eigenvalue weighted by atomic mass is 9.52. The normalized spacial score (nSPS) is 22.8. The third-order valence-electron chi connectivity index (χ3n) is 6.21. The molecule has 0 N–H and O–H groups in total. The van der Waals surface area contributed by atoms with Gasteiger partial charge in [0.1, 0.15) is 0 Å². The standard InChI is InChI=1S/C26H24S/c1-25(2,3)23(27)16-26-20-13-7-4-10-17(20)24(18-11-5-8-14-21(18)26)19-12-6-9-15-22(19)26/h4-16,24,27H,1-3H3/b23-16-. The average molecular weight is 369 g/mol. The molecule has 3 aliphatic rings. The first-order chi connectivity index (χ1) is 12.9. The third-order valence-corrected chi connectivity index (χ3v) is 7.01. The van der Waals surface area contributed by atoms with Crippen molar-refractivity contribution < 1.29 is 0 Å². The number of benzene rings is 3. The quantitative estimate of drug-likeness (QED) is 0.455. The van der Waals surface area contributed by atoms with E-state index in [9.17, 15) is 0 Å². The zero-order chi connectivity index (χ0) is 18.8. The SMILES string of the molecule is CC(C)(C)/C(S)=C/C12c3ccccc3C(c3ccccc31)c1ccccc12. The molecule has 3 aliphatic carbocycles. The summed E-state index contributed by atoms with van der Waals surface area (Å²) in [6, 6.07) is 26.9. The van der Waals surface area contributed by atoms with E-state index in [0.29, 0.717) is 5.92 Å². The fraction of sp³-hybridized carbons (Fsp3) is 0.231. The van der Waals surface area contributed by atoms with Crippen LogP contribution in [0.4, 0.5) is 0 Å². The van der Waals surface area contributed by atoms with E-state index in [0.717, 1.165) is 4.91 Å². The molecular weight excluding hydrogens is 344 g/mol. The maximum absolute atomic E-state index is 4.98. The predicted octanol–water partition coefficient (Wildman–Crippen LogP) is 6.69. The van der Waals surface area contributed by atoms with Crippen LogP contribution < -0.4 is 0 Å². The summed E-state index contributed by atoms with van der Waals surface area (Å²) >= 11 is 4.98. The predicted molar refractivity (Wildman–Crippen MR) is 117 cm³/mol. The fourth-order valence-corrected chi connectivity index (χ4v) is 5.11. The van der Waals surface area contributed by atoms with E-state index >= 15 is 0 Å². The summed E-state index contributed by atoms with van der Waals surface area (Å²) in [5, 5.41) is 0. The van der Waals surface area contributed by atoms with E-state index in [1.54, 1.807) is 0 Å². The summed E-state index contributed by atoms with van der Waals surface area (Å²) in [5.74, 6) is 0.321. The van der Waals surface area contributed by atoms with Crippen molar-refractivity contribution in [1.82, 2.24) is 0 Å². The summed E-state index contributed by atoms with van der Waals surface area (Å²) in [6.07, 6.45) is 2.42. The maximum Gasteiger partial charge on any atom is 0.0651 e. The van der Waals surface area contributed by atoms with Gasteiger partial charge in [-0.2, -0.15) is 0 Å². The van der Waals surface area contributed by atoms with Crippen LogP contribution in [0.25, 0.3) is 0 Å². The van der Waals surface area contributed by atoms with Gasteiger partial charge in [-0.3, -0.25) is 0 Å². The van der Waals surface area contributed by atoms with Crippen LogP contribution in [0.3, 0.4) is 0 Å². The lowest BCUT2D eigenvalue weighted by molar-refractivity contribution is 0.524. The van der Waals surface area contributed by atoms with Gasteiger partial charge in [0, 0.05) is 5.92 Å². The van der Waals surface area contributed by atoms with E-state index in [1.165, 1.54) is 33.4 Å². The van der Waals surface area contributed by atoms with Crippen LogP contribution in [-0.2, 0) is 5.41 Å². The Morgan fingerprint density at radius 2 is 1.11 bits per heavy atom. The molecule has 0 unspecified atom stereocenters. The smallest absolute Gasteiger partial charge is 0.0651 e. The van der Waals surface area contributed by atoms with E-state index < -0.39 is 0 Å². The molecule has 0 spiro atoms. The molecule has 6 rings (SSSR count). The average Bonchev–Trinajstić information content (AvgIpc) is 2.67. The van der Waals surface area contributed by atoms with Gasteiger partial charge in [0.05, 0.1) is 5.41 Å². The molecule has 2 bridgehead atoms. The molecule has 0 aliphatic heterocycles. The molecule has 0 nitrogen and oxygen atoms in total. The number of rotatable bonds is 1. The number of hydrogen-bond donors (Lipinski definition) is 1. The number of hydrogen-bond acceptors (Lipinski definition) is 1. The Balaban J connectivity index is 1.97. The van der Waals surface area contributed by atoms with Gasteiger partial charge < -0.3 is 0 Å². The van der Waals surface area contributed by atoms with Gasteiger partial charge >= 0.3 is 0 Å². The maximum atomic E-state index is 4.98. The van der Waals surface area contributed by atoms with Crippen LogP contribution in [-0.4, -0.2) is 0 Å². The summed E-state index contributed by atoms with van der Waals surface area (Å²) < 4.78 is 0. The molecular formula is C26H24S. The molecule has 0 fully saturated rings. The van der Waals surface area contributed by atoms with Crippen molar-refractivity contribution in [2.75, 3.05) is 0 Å². The first-order valence-electron chi connectivity index (χ1n) is 9.65. The minimum atomic E-state index is -0.275. The second-order valence-corrected chi connectivity index (χ2v) is 9.26. The first kappa shape index (κ1) is 16.9. The zero-order valence-corrected chi connectivity index (χ0v) is 16.9. The minimum absolute atomic E-state index is 0.00495. The Morgan fingerprint density at radius 3 is 1.48 bits per heavy atom. The van der Waals surface area contributed by atoms with Crippen LogP contribution in [0.2, 0.25) is 0 Å². The topological polar surface area (TPSA) is 0 Å². The van der Waals surface area contributed by atoms with Crippen LogP contribution in [0.15, 0.2) is 83.8 Å². The molecule has 27 heavy (non-hydrogen) atoms. The minimum Gasteiger partial charge on any atom is -0.148 e. The monoisotopic (exact) mass is 368 g/mol. The molecule has 134 valence electrons. The highest BCUT2D eigenvalue weighted by Crippen LogP contribution is 2.60. The highest BCUT2D eigenvalue weighted by atomic mass is 32.1. The summed E-state index contributed by atoms with van der Waals surface area (Å²) in [5.41, 5.74) is 8.24. The van der Waals surface area contributed by atoms with Crippen molar-refractivity contribution in [2.24, 2.45) is 5.41 Å². The first-order valence-corrected chi connectivity index (χ1v) is 10.1. The molecule has 3 aromatic carbocycles. The van der Waals surface area contributed by atoms with E-state index in [4.69, 9.17) is 12.6 Å². The Bertz CT molecular complexity index is 965. The Kier molecular flexibility index (Phi) is 3.52. The summed E-state index contributed by atoms with van der Waals surface area (Å²) in [7, 11) is 0. The second kappa shape index (κ2) is 5.62. The van der Waals surface area contributed by atoms with Crippen molar-refractivity contribution in [3.05, 3.63) is 117 Å². The van der Waals surface area contributed by atoms with Crippen LogP contribution >= 0.6 is 12.6 Å². The van der Waals surface area contributed by atoms with Crippen molar-refractivity contribution in [1.29, 1.82) is 0 Å². The van der Waals surface area contributed by atoms with E-state index in [2.05, 4.69) is 99.6 Å². The van der Waals surface area contributed by atoms with E-state index in [-0.39, 0.29) is 10.8 Å². The van der Waals surface area contributed by atoms with Gasteiger partial charge in [0.2, 0.25) is 0 Å².